The summed E-state index contributed by atoms with van der Waals surface area (Å²) < 4.78 is 10.6. The van der Waals surface area contributed by atoms with Gasteiger partial charge in [-0.25, -0.2) is 0 Å². The summed E-state index contributed by atoms with van der Waals surface area (Å²) in [6.07, 6.45) is 4.76. The van der Waals surface area contributed by atoms with Gasteiger partial charge in [0, 0.05) is 26.4 Å². The van der Waals surface area contributed by atoms with E-state index >= 15 is 0 Å². The molecule has 0 saturated carbocycles. The summed E-state index contributed by atoms with van der Waals surface area (Å²) in [5, 5.41) is 9.78. The molecule has 0 bridgehead atoms. The molecule has 1 atom stereocenters. The summed E-state index contributed by atoms with van der Waals surface area (Å²) in [4.78, 5) is 0. The van der Waals surface area contributed by atoms with E-state index in [1.807, 2.05) is 0 Å². The molecule has 1 N–H and O–H groups in total. The smallest absolute Gasteiger partial charge is 0.0564 e. The lowest BCUT2D eigenvalue weighted by Gasteiger charge is -2.24. The molecule has 0 aromatic rings. The molecule has 0 spiro atoms. The Bertz CT molecular complexity index is 144. The van der Waals surface area contributed by atoms with E-state index in [4.69, 9.17) is 9.47 Å². The van der Waals surface area contributed by atoms with Gasteiger partial charge in [0.05, 0.1) is 6.10 Å². The molecule has 1 aliphatic heterocycles. The van der Waals surface area contributed by atoms with Crippen LogP contribution in [0.25, 0.3) is 0 Å². The second kappa shape index (κ2) is 8.08. The van der Waals surface area contributed by atoms with Crippen molar-refractivity contribution in [2.24, 2.45) is 5.92 Å². The monoisotopic (exact) mass is 216 g/mol. The maximum absolute atomic E-state index is 9.78. The van der Waals surface area contributed by atoms with E-state index in [2.05, 4.69) is 6.92 Å². The highest BCUT2D eigenvalue weighted by Crippen LogP contribution is 2.21. The van der Waals surface area contributed by atoms with Gasteiger partial charge in [0.15, 0.2) is 0 Å². The fraction of sp³-hybridized carbons (Fsp3) is 1.00. The van der Waals surface area contributed by atoms with Crippen molar-refractivity contribution < 1.29 is 14.6 Å². The Morgan fingerprint density at radius 2 is 2.07 bits per heavy atom. The van der Waals surface area contributed by atoms with Crippen LogP contribution >= 0.6 is 0 Å². The molecule has 0 amide bonds. The fourth-order valence-corrected chi connectivity index (χ4v) is 1.95. The first kappa shape index (κ1) is 12.9. The average Bonchev–Trinajstić information content (AvgIpc) is 2.26. The van der Waals surface area contributed by atoms with Gasteiger partial charge in [0.1, 0.15) is 0 Å². The standard InChI is InChI=1S/C12H24O3/c1-2-6-14-9-5-12(13)10-11-3-7-15-8-4-11/h11-13H,2-10H2,1H3. The van der Waals surface area contributed by atoms with Gasteiger partial charge < -0.3 is 14.6 Å². The van der Waals surface area contributed by atoms with Gasteiger partial charge in [-0.15, -0.1) is 0 Å². The maximum Gasteiger partial charge on any atom is 0.0564 e. The zero-order valence-corrected chi connectivity index (χ0v) is 9.78. The molecule has 3 nitrogen and oxygen atoms in total. The van der Waals surface area contributed by atoms with Crippen molar-refractivity contribution in [3.63, 3.8) is 0 Å². The van der Waals surface area contributed by atoms with Crippen molar-refractivity contribution in [3.05, 3.63) is 0 Å². The fourth-order valence-electron chi connectivity index (χ4n) is 1.95. The number of ether oxygens (including phenoxy) is 2. The third-order valence-electron chi connectivity index (χ3n) is 2.89. The molecule has 1 aliphatic rings. The van der Waals surface area contributed by atoms with Crippen molar-refractivity contribution in [2.75, 3.05) is 26.4 Å². The third kappa shape index (κ3) is 6.13. The van der Waals surface area contributed by atoms with Gasteiger partial charge in [-0.3, -0.25) is 0 Å². The lowest BCUT2D eigenvalue weighted by Crippen LogP contribution is -2.22. The molecule has 15 heavy (non-hydrogen) atoms. The van der Waals surface area contributed by atoms with E-state index in [1.165, 1.54) is 0 Å². The Balaban J connectivity index is 1.98. The summed E-state index contributed by atoms with van der Waals surface area (Å²) in [7, 11) is 0. The molecule has 1 heterocycles. The number of aliphatic hydroxyl groups is 1. The minimum absolute atomic E-state index is 0.190. The van der Waals surface area contributed by atoms with Crippen LogP contribution in [0.4, 0.5) is 0 Å². The van der Waals surface area contributed by atoms with Gasteiger partial charge in [0.25, 0.3) is 0 Å². The van der Waals surface area contributed by atoms with Crippen molar-refractivity contribution >= 4 is 0 Å². The SMILES string of the molecule is CCCOCCC(O)CC1CCOCC1. The van der Waals surface area contributed by atoms with Crippen LogP contribution in [0.3, 0.4) is 0 Å². The zero-order chi connectivity index (χ0) is 10.9. The summed E-state index contributed by atoms with van der Waals surface area (Å²) in [6.45, 7) is 5.33. The summed E-state index contributed by atoms with van der Waals surface area (Å²) in [5.74, 6) is 0.653. The third-order valence-corrected chi connectivity index (χ3v) is 2.89. The molecule has 90 valence electrons. The quantitative estimate of drug-likeness (QED) is 0.661. The van der Waals surface area contributed by atoms with Crippen LogP contribution < -0.4 is 0 Å². The Morgan fingerprint density at radius 3 is 2.73 bits per heavy atom. The highest BCUT2D eigenvalue weighted by molar-refractivity contribution is 4.68. The lowest BCUT2D eigenvalue weighted by molar-refractivity contribution is 0.0311. The van der Waals surface area contributed by atoms with Gasteiger partial charge in [-0.1, -0.05) is 6.92 Å². The summed E-state index contributed by atoms with van der Waals surface area (Å²) in [6, 6.07) is 0. The minimum Gasteiger partial charge on any atom is -0.393 e. The van der Waals surface area contributed by atoms with Gasteiger partial charge >= 0.3 is 0 Å². The van der Waals surface area contributed by atoms with Crippen molar-refractivity contribution in [2.45, 2.75) is 45.1 Å². The second-order valence-electron chi connectivity index (χ2n) is 4.35. The Labute approximate surface area is 92.8 Å². The van der Waals surface area contributed by atoms with Gasteiger partial charge in [0.2, 0.25) is 0 Å². The van der Waals surface area contributed by atoms with Crippen molar-refractivity contribution in [3.8, 4) is 0 Å². The second-order valence-corrected chi connectivity index (χ2v) is 4.35. The van der Waals surface area contributed by atoms with Crippen molar-refractivity contribution in [1.29, 1.82) is 0 Å². The van der Waals surface area contributed by atoms with E-state index in [0.717, 1.165) is 51.9 Å². The lowest BCUT2D eigenvalue weighted by atomic mass is 9.93. The maximum atomic E-state index is 9.78. The van der Waals surface area contributed by atoms with Crippen LogP contribution in [0.1, 0.15) is 39.0 Å². The van der Waals surface area contributed by atoms with E-state index in [1.54, 1.807) is 0 Å². The first-order valence-corrected chi connectivity index (χ1v) is 6.16. The molecule has 1 unspecified atom stereocenters. The normalized spacial score (nSPS) is 20.4. The first-order chi connectivity index (χ1) is 7.33. The summed E-state index contributed by atoms with van der Waals surface area (Å²) in [5.41, 5.74) is 0. The molecule has 1 rings (SSSR count). The molecule has 0 radical (unpaired) electrons. The molecule has 0 aromatic heterocycles. The highest BCUT2D eigenvalue weighted by atomic mass is 16.5. The average molecular weight is 216 g/mol. The van der Waals surface area contributed by atoms with E-state index in [-0.39, 0.29) is 6.10 Å². The Morgan fingerprint density at radius 1 is 1.33 bits per heavy atom. The Kier molecular flexibility index (Phi) is 6.98. The molecular formula is C12H24O3. The molecule has 3 heteroatoms. The van der Waals surface area contributed by atoms with Crippen LogP contribution in [0.5, 0.6) is 0 Å². The van der Waals surface area contributed by atoms with E-state index in [9.17, 15) is 5.11 Å². The predicted octanol–water partition coefficient (Wildman–Crippen LogP) is 1.98. The van der Waals surface area contributed by atoms with E-state index in [0.29, 0.717) is 12.5 Å². The number of hydrogen-bond acceptors (Lipinski definition) is 3. The van der Waals surface area contributed by atoms with Gasteiger partial charge in [-0.05, 0) is 38.0 Å². The highest BCUT2D eigenvalue weighted by Gasteiger charge is 2.17. The molecule has 1 fully saturated rings. The minimum atomic E-state index is -0.190. The zero-order valence-electron chi connectivity index (χ0n) is 9.78. The predicted molar refractivity (Wildman–Crippen MR) is 59.9 cm³/mol. The molecule has 0 aliphatic carbocycles. The molecule has 0 aromatic carbocycles. The van der Waals surface area contributed by atoms with Crippen LogP contribution in [0, 0.1) is 5.92 Å². The number of rotatable bonds is 7. The largest absolute Gasteiger partial charge is 0.393 e. The Hall–Kier alpha value is -0.120. The van der Waals surface area contributed by atoms with Crippen molar-refractivity contribution in [1.82, 2.24) is 0 Å². The molecular weight excluding hydrogens is 192 g/mol. The number of aliphatic hydroxyl groups excluding tert-OH is 1. The topological polar surface area (TPSA) is 38.7 Å². The van der Waals surface area contributed by atoms with Crippen LogP contribution in [0.15, 0.2) is 0 Å². The van der Waals surface area contributed by atoms with Crippen LogP contribution in [0.2, 0.25) is 0 Å². The van der Waals surface area contributed by atoms with Gasteiger partial charge in [-0.2, -0.15) is 0 Å². The van der Waals surface area contributed by atoms with Crippen LogP contribution in [-0.4, -0.2) is 37.6 Å². The molecule has 1 saturated heterocycles. The van der Waals surface area contributed by atoms with E-state index < -0.39 is 0 Å². The number of hydrogen-bond donors (Lipinski definition) is 1. The first-order valence-electron chi connectivity index (χ1n) is 6.16. The summed E-state index contributed by atoms with van der Waals surface area (Å²) >= 11 is 0. The van der Waals surface area contributed by atoms with Crippen LogP contribution in [-0.2, 0) is 9.47 Å².